The molecule has 0 aliphatic carbocycles. The average molecular weight is 332 g/mol. The summed E-state index contributed by atoms with van der Waals surface area (Å²) in [5, 5.41) is 13.9. The van der Waals surface area contributed by atoms with Gasteiger partial charge in [-0.3, -0.25) is 9.23 Å². The Bertz CT molecular complexity index is 757. The molecular weight excluding hydrogens is 320 g/mol. The number of aryl methyl sites for hydroxylation is 1. The van der Waals surface area contributed by atoms with E-state index in [2.05, 4.69) is 9.38 Å². The van der Waals surface area contributed by atoms with Gasteiger partial charge in [-0.1, -0.05) is 0 Å². The van der Waals surface area contributed by atoms with Gasteiger partial charge in [-0.25, -0.2) is 9.59 Å². The molecule has 0 saturated carbocycles. The fraction of sp³-hybridized carbons (Fsp3) is 0.500. The van der Waals surface area contributed by atoms with Crippen LogP contribution in [0.2, 0.25) is 0 Å². The lowest BCUT2D eigenvalue weighted by Crippen LogP contribution is -2.39. The Morgan fingerprint density at radius 1 is 1.55 bits per heavy atom. The van der Waals surface area contributed by atoms with Crippen LogP contribution >= 0.6 is 0 Å². The highest BCUT2D eigenvalue weighted by atomic mass is 32.3. The molecule has 3 rings (SSSR count). The number of carboxylic acid groups (broad SMARTS) is 1. The molecule has 1 fully saturated rings. The number of rotatable bonds is 4. The summed E-state index contributed by atoms with van der Waals surface area (Å²) < 4.78 is 36.3. The quantitative estimate of drug-likeness (QED) is 0.706. The van der Waals surface area contributed by atoms with Gasteiger partial charge >= 0.3 is 22.4 Å². The van der Waals surface area contributed by atoms with Crippen molar-refractivity contribution in [3.63, 3.8) is 0 Å². The fourth-order valence-electron chi connectivity index (χ4n) is 2.84. The number of aromatic nitrogens is 2. The van der Waals surface area contributed by atoms with E-state index in [1.165, 1.54) is 10.9 Å². The predicted octanol–water partition coefficient (Wildman–Crippen LogP) is -0.445. The van der Waals surface area contributed by atoms with E-state index in [1.807, 2.05) is 0 Å². The molecule has 2 atom stereocenters. The van der Waals surface area contributed by atoms with E-state index in [-0.39, 0.29) is 6.54 Å². The number of hydrogen-bond donors (Lipinski definition) is 2. The lowest BCUT2D eigenvalue weighted by Gasteiger charge is -2.28. The first kappa shape index (κ1) is 14.7. The number of nitrogens with zero attached hydrogens (tertiary/aromatic N) is 4. The molecule has 0 aromatic carbocycles. The van der Waals surface area contributed by atoms with E-state index in [0.717, 1.165) is 4.90 Å². The van der Waals surface area contributed by atoms with Crippen molar-refractivity contribution in [2.75, 3.05) is 6.54 Å². The first-order chi connectivity index (χ1) is 10.2. The van der Waals surface area contributed by atoms with Gasteiger partial charge in [0.2, 0.25) is 0 Å². The lowest BCUT2D eigenvalue weighted by molar-refractivity contribution is -0.142. The molecule has 0 radical (unpaired) electrons. The number of hydrogen-bond acceptors (Lipinski definition) is 6. The normalized spacial score (nSPS) is 23.8. The van der Waals surface area contributed by atoms with E-state index in [9.17, 15) is 23.1 Å². The molecule has 2 aliphatic rings. The fourth-order valence-corrected chi connectivity index (χ4v) is 3.21. The van der Waals surface area contributed by atoms with E-state index in [1.54, 1.807) is 6.92 Å². The molecule has 1 aromatic heterocycles. The summed E-state index contributed by atoms with van der Waals surface area (Å²) in [5.74, 6) is -1.27. The minimum absolute atomic E-state index is 0.0757. The number of carbonyl (C=O) groups is 2. The Hall–Kier alpha value is -2.18. The third-order valence-electron chi connectivity index (χ3n) is 3.63. The van der Waals surface area contributed by atoms with Crippen LogP contribution < -0.4 is 0 Å². The summed E-state index contributed by atoms with van der Waals surface area (Å²) in [4.78, 5) is 24.7. The van der Waals surface area contributed by atoms with Crippen molar-refractivity contribution >= 4 is 22.4 Å². The SMILES string of the molecule is CCn1ncc2c1C(C(=O)O)N1C[C@H]2N(OS(=O)(=O)O)C1=O. The zero-order chi connectivity index (χ0) is 16.2. The molecule has 12 heteroatoms. The zero-order valence-electron chi connectivity index (χ0n) is 11.3. The predicted molar refractivity (Wildman–Crippen MR) is 67.6 cm³/mol. The molecule has 3 heterocycles. The molecule has 2 N–H and O–H groups in total. The van der Waals surface area contributed by atoms with Crippen molar-refractivity contribution in [3.05, 3.63) is 17.5 Å². The van der Waals surface area contributed by atoms with Crippen LogP contribution in [0.3, 0.4) is 0 Å². The Morgan fingerprint density at radius 2 is 2.23 bits per heavy atom. The van der Waals surface area contributed by atoms with Crippen molar-refractivity contribution in [2.24, 2.45) is 0 Å². The van der Waals surface area contributed by atoms with E-state index in [4.69, 9.17) is 4.55 Å². The van der Waals surface area contributed by atoms with Crippen molar-refractivity contribution in [1.29, 1.82) is 0 Å². The number of hydroxylamine groups is 2. The number of carboxylic acids is 1. The molecule has 0 spiro atoms. The molecule has 2 bridgehead atoms. The number of aliphatic carboxylic acids is 1. The summed E-state index contributed by atoms with van der Waals surface area (Å²) in [6, 6.07) is -3.11. The van der Waals surface area contributed by atoms with E-state index < -0.39 is 34.5 Å². The minimum Gasteiger partial charge on any atom is -0.479 e. The lowest BCUT2D eigenvalue weighted by atomic mass is 9.98. The Labute approximate surface area is 124 Å². The van der Waals surface area contributed by atoms with Gasteiger partial charge in [0.1, 0.15) is 6.04 Å². The Kier molecular flexibility index (Phi) is 3.12. The van der Waals surface area contributed by atoms with Crippen molar-refractivity contribution in [1.82, 2.24) is 19.7 Å². The highest BCUT2D eigenvalue weighted by Crippen LogP contribution is 2.44. The average Bonchev–Trinajstić information content (AvgIpc) is 2.94. The van der Waals surface area contributed by atoms with Crippen molar-refractivity contribution in [3.8, 4) is 0 Å². The molecule has 11 nitrogen and oxygen atoms in total. The van der Waals surface area contributed by atoms with Crippen LogP contribution in [0, 0.1) is 0 Å². The number of carbonyl (C=O) groups excluding carboxylic acids is 1. The van der Waals surface area contributed by atoms with Crippen LogP contribution in [0.4, 0.5) is 4.79 Å². The maximum atomic E-state index is 12.2. The Balaban J connectivity index is 2.13. The molecule has 2 aliphatic heterocycles. The second-order valence-corrected chi connectivity index (χ2v) is 5.83. The largest absolute Gasteiger partial charge is 0.479 e. The minimum atomic E-state index is -4.91. The van der Waals surface area contributed by atoms with Crippen LogP contribution in [-0.2, 0) is 26.0 Å². The second-order valence-electron chi connectivity index (χ2n) is 4.82. The molecule has 1 unspecified atom stereocenters. The molecule has 120 valence electrons. The third kappa shape index (κ3) is 2.03. The highest BCUT2D eigenvalue weighted by molar-refractivity contribution is 7.80. The van der Waals surface area contributed by atoms with Gasteiger partial charge in [0, 0.05) is 12.1 Å². The number of amides is 2. The van der Waals surface area contributed by atoms with Gasteiger partial charge in [0.15, 0.2) is 6.04 Å². The highest BCUT2D eigenvalue weighted by Gasteiger charge is 2.54. The van der Waals surface area contributed by atoms with Gasteiger partial charge in [0.05, 0.1) is 18.4 Å². The van der Waals surface area contributed by atoms with Gasteiger partial charge in [0.25, 0.3) is 0 Å². The van der Waals surface area contributed by atoms with Gasteiger partial charge < -0.3 is 10.0 Å². The maximum Gasteiger partial charge on any atom is 0.418 e. The summed E-state index contributed by atoms with van der Waals surface area (Å²) in [6.07, 6.45) is 1.37. The topological polar surface area (TPSA) is 142 Å². The summed E-state index contributed by atoms with van der Waals surface area (Å²) in [5.41, 5.74) is 0.668. The molecule has 1 saturated heterocycles. The first-order valence-corrected chi connectivity index (χ1v) is 7.66. The summed E-state index contributed by atoms with van der Waals surface area (Å²) in [7, 11) is -4.91. The van der Waals surface area contributed by atoms with Gasteiger partial charge in [-0.15, -0.1) is 4.28 Å². The standard InChI is InChI=1S/C10H12N4O7S/c1-2-13-7-5(3-11-13)6-4-12(8(7)9(15)16)10(17)14(6)21-22(18,19)20/h3,6,8H,2,4H2,1H3,(H,15,16)(H,18,19,20)/t6-,8?/m1/s1. The van der Waals surface area contributed by atoms with E-state index in [0.29, 0.717) is 22.9 Å². The smallest absolute Gasteiger partial charge is 0.418 e. The zero-order valence-corrected chi connectivity index (χ0v) is 12.1. The third-order valence-corrected chi connectivity index (χ3v) is 3.98. The van der Waals surface area contributed by atoms with Crippen LogP contribution in [0.15, 0.2) is 6.20 Å². The summed E-state index contributed by atoms with van der Waals surface area (Å²) in [6.45, 7) is 2.06. The number of urea groups is 1. The molecule has 1 aromatic rings. The molecule has 22 heavy (non-hydrogen) atoms. The maximum absolute atomic E-state index is 12.2. The van der Waals surface area contributed by atoms with Crippen LogP contribution in [0.25, 0.3) is 0 Å². The summed E-state index contributed by atoms with van der Waals surface area (Å²) >= 11 is 0. The monoisotopic (exact) mass is 332 g/mol. The van der Waals surface area contributed by atoms with Crippen LogP contribution in [-0.4, -0.2) is 56.4 Å². The first-order valence-electron chi connectivity index (χ1n) is 6.29. The number of fused-ring (bicyclic) bond motifs is 4. The molecule has 2 amide bonds. The van der Waals surface area contributed by atoms with Gasteiger partial charge in [-0.2, -0.15) is 18.6 Å². The van der Waals surface area contributed by atoms with Gasteiger partial charge in [-0.05, 0) is 6.92 Å². The van der Waals surface area contributed by atoms with Crippen LogP contribution in [0.5, 0.6) is 0 Å². The van der Waals surface area contributed by atoms with E-state index >= 15 is 0 Å². The molecular formula is C10H12N4O7S. The van der Waals surface area contributed by atoms with Crippen LogP contribution in [0.1, 0.15) is 30.3 Å². The Morgan fingerprint density at radius 3 is 2.77 bits per heavy atom. The second kappa shape index (κ2) is 4.66. The van der Waals surface area contributed by atoms with Crippen molar-refractivity contribution in [2.45, 2.75) is 25.6 Å². The van der Waals surface area contributed by atoms with Crippen molar-refractivity contribution < 1.29 is 31.9 Å².